The summed E-state index contributed by atoms with van der Waals surface area (Å²) < 4.78 is 11.0. The number of hydrogen-bond acceptors (Lipinski definition) is 3. The molecule has 0 saturated heterocycles. The second kappa shape index (κ2) is 15.1. The maximum Gasteiger partial charge on any atom is 2.00 e. The molecule has 6 heteroatoms. The number of pyridine rings is 1. The number of ether oxygens (including phenoxy) is 1. The molecule has 0 unspecified atom stereocenters. The Bertz CT molecular complexity index is 2420. The molecule has 0 amide bonds. The molecule has 7 rings (SSSR count). The minimum Gasteiger partial charge on any atom is -0.509 e. The Morgan fingerprint density at radius 1 is 0.792 bits per heavy atom. The van der Waals surface area contributed by atoms with Crippen LogP contribution in [0.3, 0.4) is 0 Å². The van der Waals surface area contributed by atoms with Crippen LogP contribution in [0.5, 0.6) is 11.5 Å². The van der Waals surface area contributed by atoms with Gasteiger partial charge in [0, 0.05) is 34.5 Å². The number of benzene rings is 4. The Morgan fingerprint density at radius 3 is 2.19 bits per heavy atom. The van der Waals surface area contributed by atoms with E-state index in [-0.39, 0.29) is 25.8 Å². The van der Waals surface area contributed by atoms with Crippen molar-refractivity contribution >= 4 is 21.8 Å². The first-order valence-electron chi connectivity index (χ1n) is 18.7. The molecule has 7 aromatic rings. The third kappa shape index (κ3) is 7.37. The number of rotatable bonds is 9. The van der Waals surface area contributed by atoms with Gasteiger partial charge in [-0.25, -0.2) is 4.98 Å². The van der Waals surface area contributed by atoms with Crippen molar-refractivity contribution in [1.82, 2.24) is 19.3 Å². The first-order valence-corrected chi connectivity index (χ1v) is 18.7. The third-order valence-electron chi connectivity index (χ3n) is 10.1. The van der Waals surface area contributed by atoms with Crippen molar-refractivity contribution in [2.24, 2.45) is 5.92 Å². The SMILES string of the molecule is CCc1cc(C)cc(CC)c1-c1c(C)nn(-c2[c-]c(Oc3[c-]c4c(cc3)c3ccccc3n4-c3cc(CC(C)C)ccn3)cc(C(C)(C)C)c2)c1C.[Pd+2]. The molecule has 0 aliphatic heterocycles. The molecule has 0 atom stereocenters. The average Bonchev–Trinajstić information content (AvgIpc) is 3.59. The molecule has 5 nitrogen and oxygen atoms in total. The minimum absolute atomic E-state index is 0. The number of fused-ring (bicyclic) bond motifs is 3. The number of hydrogen-bond donors (Lipinski definition) is 0. The van der Waals surface area contributed by atoms with Crippen LogP contribution in [-0.4, -0.2) is 19.3 Å². The summed E-state index contributed by atoms with van der Waals surface area (Å²) in [6.07, 6.45) is 4.85. The molecule has 0 saturated carbocycles. The molecule has 3 heterocycles. The third-order valence-corrected chi connectivity index (χ3v) is 10.1. The van der Waals surface area contributed by atoms with Crippen LogP contribution in [0.2, 0.25) is 0 Å². The Labute approximate surface area is 329 Å². The molecule has 0 aliphatic rings. The number of aromatic nitrogens is 4. The zero-order chi connectivity index (χ0) is 36.9. The summed E-state index contributed by atoms with van der Waals surface area (Å²) in [5.41, 5.74) is 13.9. The predicted octanol–water partition coefficient (Wildman–Crippen LogP) is 12.0. The van der Waals surface area contributed by atoms with E-state index in [0.717, 1.165) is 69.5 Å². The van der Waals surface area contributed by atoms with Crippen molar-refractivity contribution < 1.29 is 25.2 Å². The van der Waals surface area contributed by atoms with E-state index in [1.165, 1.54) is 33.4 Å². The summed E-state index contributed by atoms with van der Waals surface area (Å²) in [6, 6.07) is 33.2. The van der Waals surface area contributed by atoms with Gasteiger partial charge in [-0.1, -0.05) is 89.9 Å². The molecule has 3 aromatic heterocycles. The van der Waals surface area contributed by atoms with Gasteiger partial charge >= 0.3 is 20.4 Å². The molecule has 274 valence electrons. The van der Waals surface area contributed by atoms with Crippen LogP contribution in [0.4, 0.5) is 0 Å². The summed E-state index contributed by atoms with van der Waals surface area (Å²) >= 11 is 0. The zero-order valence-corrected chi connectivity index (χ0v) is 34.3. The van der Waals surface area contributed by atoms with Crippen LogP contribution >= 0.6 is 0 Å². The average molecular weight is 793 g/mol. The zero-order valence-electron chi connectivity index (χ0n) is 32.7. The Hall–Kier alpha value is -4.50. The van der Waals surface area contributed by atoms with Crippen molar-refractivity contribution in [3.63, 3.8) is 0 Å². The minimum atomic E-state index is -0.130. The summed E-state index contributed by atoms with van der Waals surface area (Å²) in [6.45, 7) is 22.2. The van der Waals surface area contributed by atoms with E-state index in [1.807, 2.05) is 16.9 Å². The Kier molecular flexibility index (Phi) is 10.9. The van der Waals surface area contributed by atoms with Crippen LogP contribution in [0.1, 0.15) is 87.7 Å². The smallest absolute Gasteiger partial charge is 0.509 e. The van der Waals surface area contributed by atoms with Gasteiger partial charge in [0.1, 0.15) is 5.82 Å². The molecule has 0 bridgehead atoms. The fraction of sp³-hybridized carbons (Fsp3) is 0.319. The fourth-order valence-corrected chi connectivity index (χ4v) is 7.66. The van der Waals surface area contributed by atoms with Crippen molar-refractivity contribution in [2.75, 3.05) is 0 Å². The van der Waals surface area contributed by atoms with E-state index >= 15 is 0 Å². The van der Waals surface area contributed by atoms with Crippen LogP contribution in [0.15, 0.2) is 79.0 Å². The largest absolute Gasteiger partial charge is 2.00 e. The van der Waals surface area contributed by atoms with Crippen molar-refractivity contribution in [1.29, 1.82) is 0 Å². The van der Waals surface area contributed by atoms with Crippen LogP contribution in [-0.2, 0) is 45.1 Å². The standard InChI is InChI=1S/C47H50N4O.Pd/c1-11-34-22-30(5)23-35(12-2)46(34)45-31(6)49-51(32(45)7)37-25-36(47(8,9)10)26-39(27-37)52-38-17-18-41-40-15-13-14-16-42(40)50(43(41)28-38)44-24-33(19-20-48-44)21-29(3)4;/h13-20,22-26,29H,11-12,21H2,1-10H3;/q-2;+2. The second-order valence-electron chi connectivity index (χ2n) is 15.7. The summed E-state index contributed by atoms with van der Waals surface area (Å²) in [5.74, 6) is 2.69. The summed E-state index contributed by atoms with van der Waals surface area (Å²) in [7, 11) is 0. The maximum absolute atomic E-state index is 6.71. The normalized spacial score (nSPS) is 11.8. The number of para-hydroxylation sites is 1. The van der Waals surface area contributed by atoms with Crippen LogP contribution in [0.25, 0.3) is 44.4 Å². The van der Waals surface area contributed by atoms with Gasteiger partial charge in [-0.3, -0.25) is 4.68 Å². The molecular weight excluding hydrogens is 743 g/mol. The van der Waals surface area contributed by atoms with Gasteiger partial charge in [-0.15, -0.1) is 41.3 Å². The van der Waals surface area contributed by atoms with Gasteiger partial charge in [-0.2, -0.15) is 11.2 Å². The second-order valence-corrected chi connectivity index (χ2v) is 15.7. The van der Waals surface area contributed by atoms with Gasteiger partial charge in [0.25, 0.3) is 0 Å². The quantitative estimate of drug-likeness (QED) is 0.108. The monoisotopic (exact) mass is 792 g/mol. The molecule has 0 fully saturated rings. The first kappa shape index (κ1) is 38.2. The van der Waals surface area contributed by atoms with E-state index in [4.69, 9.17) is 14.8 Å². The summed E-state index contributed by atoms with van der Waals surface area (Å²) in [4.78, 5) is 4.84. The molecule has 0 aliphatic carbocycles. The van der Waals surface area contributed by atoms with Crippen molar-refractivity contribution in [2.45, 2.75) is 93.9 Å². The molecule has 0 spiro atoms. The number of aryl methyl sites for hydroxylation is 4. The van der Waals surface area contributed by atoms with Gasteiger partial charge in [0.2, 0.25) is 0 Å². The first-order chi connectivity index (χ1) is 24.9. The van der Waals surface area contributed by atoms with Crippen molar-refractivity contribution in [3.8, 4) is 34.1 Å². The van der Waals surface area contributed by atoms with Gasteiger partial charge in [-0.05, 0) is 103 Å². The van der Waals surface area contributed by atoms with E-state index in [1.54, 1.807) is 0 Å². The van der Waals surface area contributed by atoms with Gasteiger partial charge in [0.15, 0.2) is 0 Å². The predicted molar refractivity (Wildman–Crippen MR) is 216 cm³/mol. The molecular formula is C47H50N4OPd. The topological polar surface area (TPSA) is 44.9 Å². The van der Waals surface area contributed by atoms with Crippen LogP contribution in [0, 0.1) is 38.8 Å². The Balaban J connectivity index is 0.00000481. The Morgan fingerprint density at radius 2 is 1.51 bits per heavy atom. The van der Waals surface area contributed by atoms with Crippen molar-refractivity contribution in [3.05, 3.63) is 130 Å². The van der Waals surface area contributed by atoms with E-state index < -0.39 is 0 Å². The molecule has 53 heavy (non-hydrogen) atoms. The molecule has 0 N–H and O–H groups in total. The van der Waals surface area contributed by atoms with Crippen LogP contribution < -0.4 is 4.74 Å². The van der Waals surface area contributed by atoms with E-state index in [0.29, 0.717) is 17.4 Å². The van der Waals surface area contributed by atoms with E-state index in [9.17, 15) is 0 Å². The summed E-state index contributed by atoms with van der Waals surface area (Å²) in [5, 5.41) is 7.41. The maximum atomic E-state index is 6.71. The van der Waals surface area contributed by atoms with Gasteiger partial charge < -0.3 is 9.30 Å². The molecule has 4 aromatic carbocycles. The van der Waals surface area contributed by atoms with Gasteiger partial charge in [0.05, 0.1) is 5.69 Å². The number of nitrogens with zero attached hydrogens (tertiary/aromatic N) is 4. The van der Waals surface area contributed by atoms with E-state index in [2.05, 4.69) is 153 Å². The molecule has 0 radical (unpaired) electrons. The fourth-order valence-electron chi connectivity index (χ4n) is 7.66.